The van der Waals surface area contributed by atoms with E-state index in [4.69, 9.17) is 4.43 Å². The zero-order valence-corrected chi connectivity index (χ0v) is 6.37. The Kier molecular flexibility index (Phi) is 7.02. The minimum Gasteiger partial charge on any atom is -0.418 e. The molecular formula is C4H10OSSi. The fourth-order valence-corrected chi connectivity index (χ4v) is 0.933. The first kappa shape index (κ1) is 7.53. The summed E-state index contributed by atoms with van der Waals surface area (Å²) < 4.78 is 5.05. The van der Waals surface area contributed by atoms with Crippen LogP contribution in [0.1, 0.15) is 6.92 Å². The van der Waals surface area contributed by atoms with Gasteiger partial charge in [-0.15, -0.1) is 0 Å². The standard InChI is InChI=1S/C4H10OSSi/c1-2-5-7-4-3-6/h6H,2-4H2,1H3. The van der Waals surface area contributed by atoms with E-state index in [0.29, 0.717) is 9.76 Å². The van der Waals surface area contributed by atoms with Crippen molar-refractivity contribution in [2.45, 2.75) is 13.0 Å². The van der Waals surface area contributed by atoms with Crippen LogP contribution in [0.2, 0.25) is 6.04 Å². The largest absolute Gasteiger partial charge is 0.418 e. The van der Waals surface area contributed by atoms with Crippen molar-refractivity contribution >= 4 is 22.4 Å². The van der Waals surface area contributed by atoms with Gasteiger partial charge in [0.05, 0.1) is 0 Å². The third-order valence-corrected chi connectivity index (χ3v) is 2.05. The van der Waals surface area contributed by atoms with E-state index in [1.165, 1.54) is 0 Å². The van der Waals surface area contributed by atoms with Crippen molar-refractivity contribution in [2.75, 3.05) is 12.4 Å². The van der Waals surface area contributed by atoms with Crippen molar-refractivity contribution in [2.24, 2.45) is 0 Å². The van der Waals surface area contributed by atoms with Crippen LogP contribution in [-0.2, 0) is 4.43 Å². The van der Waals surface area contributed by atoms with Gasteiger partial charge in [0.25, 0.3) is 0 Å². The van der Waals surface area contributed by atoms with Crippen LogP contribution in [0, 0.1) is 0 Å². The first-order chi connectivity index (χ1) is 3.41. The first-order valence-corrected chi connectivity index (χ1v) is 4.12. The van der Waals surface area contributed by atoms with Crippen molar-refractivity contribution in [3.63, 3.8) is 0 Å². The maximum Gasteiger partial charge on any atom is 0.230 e. The van der Waals surface area contributed by atoms with E-state index in [9.17, 15) is 0 Å². The maximum absolute atomic E-state index is 5.05. The normalized spacial score (nSPS) is 9.43. The molecule has 0 N–H and O–H groups in total. The molecular weight excluding hydrogens is 124 g/mol. The van der Waals surface area contributed by atoms with Crippen LogP contribution < -0.4 is 0 Å². The van der Waals surface area contributed by atoms with Gasteiger partial charge in [-0.3, -0.25) is 0 Å². The fourth-order valence-electron chi connectivity index (χ4n) is 0.220. The molecule has 3 heteroatoms. The summed E-state index contributed by atoms with van der Waals surface area (Å²) in [5.41, 5.74) is 0. The predicted octanol–water partition coefficient (Wildman–Crippen LogP) is 0.990. The minimum atomic E-state index is 0.656. The van der Waals surface area contributed by atoms with Gasteiger partial charge in [-0.1, -0.05) is 0 Å². The Bertz CT molecular complexity index is 30.9. The van der Waals surface area contributed by atoms with Gasteiger partial charge in [-0.2, -0.15) is 12.6 Å². The Hall–Kier alpha value is 0.527. The molecule has 0 saturated carbocycles. The fraction of sp³-hybridized carbons (Fsp3) is 1.00. The molecule has 0 aromatic carbocycles. The average Bonchev–Trinajstić information content (AvgIpc) is 1.69. The Balaban J connectivity index is 2.45. The van der Waals surface area contributed by atoms with Crippen molar-refractivity contribution in [3.8, 4) is 0 Å². The summed E-state index contributed by atoms with van der Waals surface area (Å²) in [6.07, 6.45) is 0. The Labute approximate surface area is 52.8 Å². The van der Waals surface area contributed by atoms with Crippen LogP contribution in [0.4, 0.5) is 0 Å². The number of hydrogen-bond donors (Lipinski definition) is 1. The van der Waals surface area contributed by atoms with E-state index >= 15 is 0 Å². The van der Waals surface area contributed by atoms with E-state index in [2.05, 4.69) is 12.6 Å². The third-order valence-electron chi connectivity index (χ3n) is 0.460. The molecule has 1 nitrogen and oxygen atoms in total. The molecule has 0 fully saturated rings. The summed E-state index contributed by atoms with van der Waals surface area (Å²) in [6.45, 7) is 2.84. The van der Waals surface area contributed by atoms with Crippen LogP contribution in [0.15, 0.2) is 0 Å². The molecule has 0 amide bonds. The molecule has 0 heterocycles. The van der Waals surface area contributed by atoms with Crippen molar-refractivity contribution in [3.05, 3.63) is 0 Å². The Morgan fingerprint density at radius 2 is 2.43 bits per heavy atom. The molecule has 0 unspecified atom stereocenters. The highest BCUT2D eigenvalue weighted by molar-refractivity contribution is 7.80. The van der Waals surface area contributed by atoms with E-state index in [0.717, 1.165) is 18.4 Å². The quantitative estimate of drug-likeness (QED) is 0.343. The smallest absolute Gasteiger partial charge is 0.230 e. The topological polar surface area (TPSA) is 9.23 Å². The molecule has 0 aromatic heterocycles. The highest BCUT2D eigenvalue weighted by Crippen LogP contribution is 1.82. The predicted molar refractivity (Wildman–Crippen MR) is 36.0 cm³/mol. The first-order valence-electron chi connectivity index (χ1n) is 2.37. The van der Waals surface area contributed by atoms with Crippen molar-refractivity contribution in [1.82, 2.24) is 0 Å². The highest BCUT2D eigenvalue weighted by Gasteiger charge is 1.83. The zero-order valence-electron chi connectivity index (χ0n) is 4.48. The van der Waals surface area contributed by atoms with Gasteiger partial charge in [0.1, 0.15) is 0 Å². The molecule has 0 saturated heterocycles. The lowest BCUT2D eigenvalue weighted by Gasteiger charge is -1.91. The molecule has 0 aromatic rings. The molecule has 0 rings (SSSR count). The summed E-state index contributed by atoms with van der Waals surface area (Å²) in [5.74, 6) is 0.943. The average molecular weight is 134 g/mol. The highest BCUT2D eigenvalue weighted by atomic mass is 32.1. The second-order valence-corrected chi connectivity index (χ2v) is 2.58. The van der Waals surface area contributed by atoms with Gasteiger partial charge >= 0.3 is 0 Å². The monoisotopic (exact) mass is 134 g/mol. The SMILES string of the molecule is CCO[Si]CCS. The lowest BCUT2D eigenvalue weighted by atomic mass is 10.9. The molecule has 2 radical (unpaired) electrons. The van der Waals surface area contributed by atoms with Gasteiger partial charge in [-0.05, 0) is 18.7 Å². The lowest BCUT2D eigenvalue weighted by molar-refractivity contribution is 0.361. The molecule has 0 aliphatic carbocycles. The van der Waals surface area contributed by atoms with E-state index in [-0.39, 0.29) is 0 Å². The molecule has 0 aliphatic rings. The summed E-state index contributed by atoms with van der Waals surface area (Å²) in [4.78, 5) is 0. The van der Waals surface area contributed by atoms with Gasteiger partial charge in [-0.25, -0.2) is 0 Å². The molecule has 7 heavy (non-hydrogen) atoms. The second kappa shape index (κ2) is 6.53. The molecule has 42 valence electrons. The molecule has 0 atom stereocenters. The summed E-state index contributed by atoms with van der Waals surface area (Å²) in [7, 11) is 0.656. The number of hydrogen-bond acceptors (Lipinski definition) is 2. The second-order valence-electron chi connectivity index (χ2n) is 1.05. The number of rotatable bonds is 4. The summed E-state index contributed by atoms with van der Waals surface area (Å²) in [6, 6.07) is 1.09. The van der Waals surface area contributed by atoms with Crippen LogP contribution in [0.3, 0.4) is 0 Å². The molecule has 0 spiro atoms. The van der Waals surface area contributed by atoms with Crippen LogP contribution in [0.25, 0.3) is 0 Å². The van der Waals surface area contributed by atoms with Gasteiger partial charge in [0, 0.05) is 6.61 Å². The van der Waals surface area contributed by atoms with Gasteiger partial charge < -0.3 is 4.43 Å². The Morgan fingerprint density at radius 3 is 2.86 bits per heavy atom. The van der Waals surface area contributed by atoms with Gasteiger partial charge in [0.2, 0.25) is 9.76 Å². The van der Waals surface area contributed by atoms with Gasteiger partial charge in [0.15, 0.2) is 0 Å². The van der Waals surface area contributed by atoms with Crippen molar-refractivity contribution in [1.29, 1.82) is 0 Å². The van der Waals surface area contributed by atoms with E-state index in [1.807, 2.05) is 6.92 Å². The summed E-state index contributed by atoms with van der Waals surface area (Å²) in [5, 5.41) is 0. The molecule has 0 bridgehead atoms. The zero-order chi connectivity index (χ0) is 5.54. The number of thiol groups is 1. The third kappa shape index (κ3) is 6.53. The lowest BCUT2D eigenvalue weighted by Crippen LogP contribution is -1.96. The minimum absolute atomic E-state index is 0.656. The van der Waals surface area contributed by atoms with E-state index < -0.39 is 0 Å². The maximum atomic E-state index is 5.05. The molecule has 0 aliphatic heterocycles. The van der Waals surface area contributed by atoms with Crippen LogP contribution >= 0.6 is 12.6 Å². The van der Waals surface area contributed by atoms with E-state index in [1.54, 1.807) is 0 Å². The van der Waals surface area contributed by atoms with Crippen LogP contribution in [-0.4, -0.2) is 22.1 Å². The van der Waals surface area contributed by atoms with Crippen LogP contribution in [0.5, 0.6) is 0 Å². The van der Waals surface area contributed by atoms with Crippen molar-refractivity contribution < 1.29 is 4.43 Å². The summed E-state index contributed by atoms with van der Waals surface area (Å²) >= 11 is 4.02. The Morgan fingerprint density at radius 1 is 1.71 bits per heavy atom.